The van der Waals surface area contributed by atoms with E-state index in [0.29, 0.717) is 12.1 Å². The van der Waals surface area contributed by atoms with Crippen molar-refractivity contribution in [2.75, 3.05) is 7.05 Å². The standard InChI is InChI=1S/C9H11BrFN/c1-6-3-9(11)7(5-12-2)4-8(6)10/h3-4,12H,5H2,1-2H3. The van der Waals surface area contributed by atoms with Gasteiger partial charge in [-0.3, -0.25) is 0 Å². The zero-order valence-corrected chi connectivity index (χ0v) is 8.70. The van der Waals surface area contributed by atoms with Crippen molar-refractivity contribution in [1.82, 2.24) is 5.32 Å². The van der Waals surface area contributed by atoms with Crippen molar-refractivity contribution in [2.45, 2.75) is 13.5 Å². The SMILES string of the molecule is CNCc1cc(Br)c(C)cc1F. The Hall–Kier alpha value is -0.410. The van der Waals surface area contributed by atoms with Crippen LogP contribution in [0.5, 0.6) is 0 Å². The molecule has 0 atom stereocenters. The molecule has 0 radical (unpaired) electrons. The summed E-state index contributed by atoms with van der Waals surface area (Å²) in [5, 5.41) is 2.91. The molecule has 1 aromatic carbocycles. The number of rotatable bonds is 2. The van der Waals surface area contributed by atoms with Crippen molar-refractivity contribution >= 4 is 15.9 Å². The second-order valence-corrected chi connectivity index (χ2v) is 3.58. The van der Waals surface area contributed by atoms with Crippen molar-refractivity contribution in [1.29, 1.82) is 0 Å². The third-order valence-corrected chi connectivity index (χ3v) is 2.55. The average Bonchev–Trinajstić information content (AvgIpc) is 2.01. The van der Waals surface area contributed by atoms with Crippen LogP contribution in [0.4, 0.5) is 4.39 Å². The summed E-state index contributed by atoms with van der Waals surface area (Å²) in [5.74, 6) is -0.148. The lowest BCUT2D eigenvalue weighted by molar-refractivity contribution is 0.599. The monoisotopic (exact) mass is 231 g/mol. The molecule has 0 saturated heterocycles. The van der Waals surface area contributed by atoms with Crippen molar-refractivity contribution in [3.63, 3.8) is 0 Å². The van der Waals surface area contributed by atoms with E-state index in [1.165, 1.54) is 6.07 Å². The normalized spacial score (nSPS) is 10.3. The van der Waals surface area contributed by atoms with Gasteiger partial charge in [0.1, 0.15) is 5.82 Å². The van der Waals surface area contributed by atoms with Gasteiger partial charge in [0.15, 0.2) is 0 Å². The molecular weight excluding hydrogens is 221 g/mol. The fourth-order valence-electron chi connectivity index (χ4n) is 1.01. The molecule has 0 unspecified atom stereocenters. The molecule has 0 aliphatic heterocycles. The molecule has 0 saturated carbocycles. The smallest absolute Gasteiger partial charge is 0.128 e. The molecular formula is C9H11BrFN. The Morgan fingerprint density at radius 3 is 2.75 bits per heavy atom. The largest absolute Gasteiger partial charge is 0.316 e. The molecule has 12 heavy (non-hydrogen) atoms. The molecule has 1 aromatic rings. The van der Waals surface area contributed by atoms with Gasteiger partial charge in [-0.25, -0.2) is 4.39 Å². The molecule has 0 aromatic heterocycles. The third-order valence-electron chi connectivity index (χ3n) is 1.69. The first-order valence-electron chi connectivity index (χ1n) is 3.74. The highest BCUT2D eigenvalue weighted by molar-refractivity contribution is 9.10. The highest BCUT2D eigenvalue weighted by Crippen LogP contribution is 2.20. The summed E-state index contributed by atoms with van der Waals surface area (Å²) in [5.41, 5.74) is 1.61. The van der Waals surface area contributed by atoms with Gasteiger partial charge in [0, 0.05) is 16.6 Å². The maximum atomic E-state index is 13.2. The number of aryl methyl sites for hydroxylation is 1. The average molecular weight is 232 g/mol. The highest BCUT2D eigenvalue weighted by atomic mass is 79.9. The van der Waals surface area contributed by atoms with Gasteiger partial charge in [-0.05, 0) is 31.7 Å². The molecule has 1 N–H and O–H groups in total. The van der Waals surface area contributed by atoms with Crippen molar-refractivity contribution in [3.05, 3.63) is 33.5 Å². The van der Waals surface area contributed by atoms with Gasteiger partial charge in [-0.1, -0.05) is 15.9 Å². The Morgan fingerprint density at radius 1 is 1.50 bits per heavy atom. The summed E-state index contributed by atoms with van der Waals surface area (Å²) in [4.78, 5) is 0. The van der Waals surface area contributed by atoms with Crippen LogP contribution in [-0.4, -0.2) is 7.05 Å². The third kappa shape index (κ3) is 2.05. The van der Waals surface area contributed by atoms with Gasteiger partial charge in [0.25, 0.3) is 0 Å². The number of benzene rings is 1. The van der Waals surface area contributed by atoms with Gasteiger partial charge in [0.2, 0.25) is 0 Å². The van der Waals surface area contributed by atoms with Crippen LogP contribution >= 0.6 is 15.9 Å². The van der Waals surface area contributed by atoms with Crippen LogP contribution in [0.1, 0.15) is 11.1 Å². The molecule has 0 bridgehead atoms. The first kappa shape index (κ1) is 9.68. The molecule has 0 spiro atoms. The zero-order chi connectivity index (χ0) is 9.14. The minimum absolute atomic E-state index is 0.148. The van der Waals surface area contributed by atoms with Gasteiger partial charge in [-0.15, -0.1) is 0 Å². The van der Waals surface area contributed by atoms with E-state index in [1.807, 2.05) is 6.92 Å². The minimum atomic E-state index is -0.148. The van der Waals surface area contributed by atoms with E-state index in [1.54, 1.807) is 13.1 Å². The number of hydrogen-bond acceptors (Lipinski definition) is 1. The van der Waals surface area contributed by atoms with E-state index >= 15 is 0 Å². The fraction of sp³-hybridized carbons (Fsp3) is 0.333. The Balaban J connectivity index is 3.05. The summed E-state index contributed by atoms with van der Waals surface area (Å²) >= 11 is 3.36. The molecule has 0 heterocycles. The lowest BCUT2D eigenvalue weighted by Crippen LogP contribution is -2.07. The summed E-state index contributed by atoms with van der Waals surface area (Å²) in [6, 6.07) is 3.35. The predicted molar refractivity (Wildman–Crippen MR) is 51.6 cm³/mol. The van der Waals surface area contributed by atoms with Crippen molar-refractivity contribution in [3.8, 4) is 0 Å². The Labute approximate surface area is 80.1 Å². The van der Waals surface area contributed by atoms with E-state index in [9.17, 15) is 4.39 Å². The fourth-order valence-corrected chi connectivity index (χ4v) is 1.40. The van der Waals surface area contributed by atoms with Gasteiger partial charge in [-0.2, -0.15) is 0 Å². The summed E-state index contributed by atoms with van der Waals surface area (Å²) in [6.45, 7) is 2.43. The van der Waals surface area contributed by atoms with E-state index in [4.69, 9.17) is 0 Å². The molecule has 0 aliphatic carbocycles. The quantitative estimate of drug-likeness (QED) is 0.826. The summed E-state index contributed by atoms with van der Waals surface area (Å²) < 4.78 is 14.1. The lowest BCUT2D eigenvalue weighted by atomic mass is 10.1. The maximum absolute atomic E-state index is 13.2. The first-order chi connectivity index (χ1) is 5.65. The van der Waals surface area contributed by atoms with Crippen LogP contribution in [-0.2, 0) is 6.54 Å². The van der Waals surface area contributed by atoms with Gasteiger partial charge < -0.3 is 5.32 Å². The molecule has 0 amide bonds. The van der Waals surface area contributed by atoms with E-state index < -0.39 is 0 Å². The summed E-state index contributed by atoms with van der Waals surface area (Å²) in [6.07, 6.45) is 0. The van der Waals surface area contributed by atoms with Crippen LogP contribution in [0.3, 0.4) is 0 Å². The van der Waals surface area contributed by atoms with E-state index in [2.05, 4.69) is 21.2 Å². The topological polar surface area (TPSA) is 12.0 Å². The number of nitrogens with one attached hydrogen (secondary N) is 1. The number of hydrogen-bond donors (Lipinski definition) is 1. The Morgan fingerprint density at radius 2 is 2.17 bits per heavy atom. The van der Waals surface area contributed by atoms with Crippen LogP contribution in [0.25, 0.3) is 0 Å². The lowest BCUT2D eigenvalue weighted by Gasteiger charge is -2.05. The minimum Gasteiger partial charge on any atom is -0.316 e. The van der Waals surface area contributed by atoms with Crippen LogP contribution in [0.2, 0.25) is 0 Å². The summed E-state index contributed by atoms with van der Waals surface area (Å²) in [7, 11) is 1.80. The van der Waals surface area contributed by atoms with Crippen LogP contribution in [0, 0.1) is 12.7 Å². The zero-order valence-electron chi connectivity index (χ0n) is 7.12. The maximum Gasteiger partial charge on any atom is 0.128 e. The molecule has 0 aliphatic rings. The Bertz CT molecular complexity index is 286. The van der Waals surface area contributed by atoms with Crippen molar-refractivity contribution in [2.24, 2.45) is 0 Å². The highest BCUT2D eigenvalue weighted by Gasteiger charge is 2.03. The second-order valence-electron chi connectivity index (χ2n) is 2.72. The van der Waals surface area contributed by atoms with Crippen LogP contribution in [0.15, 0.2) is 16.6 Å². The molecule has 1 nitrogen and oxygen atoms in total. The van der Waals surface area contributed by atoms with E-state index in [-0.39, 0.29) is 5.82 Å². The first-order valence-corrected chi connectivity index (χ1v) is 4.53. The van der Waals surface area contributed by atoms with E-state index in [0.717, 1.165) is 10.0 Å². The molecule has 3 heteroatoms. The molecule has 1 rings (SSSR count). The second kappa shape index (κ2) is 4.01. The van der Waals surface area contributed by atoms with Gasteiger partial charge in [0.05, 0.1) is 0 Å². The van der Waals surface area contributed by atoms with Crippen LogP contribution < -0.4 is 5.32 Å². The predicted octanol–water partition coefficient (Wildman–Crippen LogP) is 2.62. The molecule has 66 valence electrons. The Kier molecular flexibility index (Phi) is 3.23. The van der Waals surface area contributed by atoms with Crippen molar-refractivity contribution < 1.29 is 4.39 Å². The molecule has 0 fully saturated rings. The van der Waals surface area contributed by atoms with Gasteiger partial charge >= 0.3 is 0 Å². The number of halogens is 2.